The first-order valence-electron chi connectivity index (χ1n) is 5.61. The Labute approximate surface area is 123 Å². The van der Waals surface area contributed by atoms with Crippen molar-refractivity contribution >= 4 is 31.9 Å². The molecule has 0 aliphatic rings. The van der Waals surface area contributed by atoms with E-state index in [1.807, 2.05) is 31.2 Å². The number of benzene rings is 1. The third-order valence-corrected chi connectivity index (χ3v) is 3.73. The van der Waals surface area contributed by atoms with Gasteiger partial charge in [0, 0.05) is 21.6 Å². The van der Waals surface area contributed by atoms with Crippen LogP contribution in [0.1, 0.15) is 22.9 Å². The van der Waals surface area contributed by atoms with E-state index in [1.54, 1.807) is 6.20 Å². The van der Waals surface area contributed by atoms with Crippen LogP contribution in [-0.2, 0) is 6.42 Å². The van der Waals surface area contributed by atoms with E-state index in [2.05, 4.69) is 42.9 Å². The van der Waals surface area contributed by atoms with Gasteiger partial charge in [-0.3, -0.25) is 4.98 Å². The van der Waals surface area contributed by atoms with E-state index in [-0.39, 0.29) is 0 Å². The molecule has 2 rings (SSSR count). The molecular formula is C14H13Br2NO. The highest BCUT2D eigenvalue weighted by molar-refractivity contribution is 9.11. The van der Waals surface area contributed by atoms with E-state index in [9.17, 15) is 5.11 Å². The summed E-state index contributed by atoms with van der Waals surface area (Å²) >= 11 is 6.77. The lowest BCUT2D eigenvalue weighted by Crippen LogP contribution is -2.05. The largest absolute Gasteiger partial charge is 0.386 e. The number of nitrogens with zero attached hydrogens (tertiary/aromatic N) is 1. The molecule has 0 fully saturated rings. The molecule has 0 aliphatic heterocycles. The molecule has 0 amide bonds. The van der Waals surface area contributed by atoms with Crippen molar-refractivity contribution in [3.8, 4) is 0 Å². The molecule has 1 unspecified atom stereocenters. The molecule has 0 saturated heterocycles. The molecule has 94 valence electrons. The zero-order valence-corrected chi connectivity index (χ0v) is 13.1. The number of hydrogen-bond donors (Lipinski definition) is 1. The first-order chi connectivity index (χ1) is 8.56. The minimum atomic E-state index is -0.603. The number of aryl methyl sites for hydroxylation is 1. The predicted octanol–water partition coefficient (Wildman–Crippen LogP) is 4.19. The van der Waals surface area contributed by atoms with E-state index in [0.717, 1.165) is 14.5 Å². The standard InChI is InChI=1S/C14H13Br2NO/c1-9-3-2-4-10(5-9)6-13(18)14-12(16)7-11(15)8-17-14/h2-5,7-8,13,18H,6H2,1H3. The Bertz CT molecular complexity index is 557. The number of hydrogen-bond acceptors (Lipinski definition) is 2. The van der Waals surface area contributed by atoms with Crippen LogP contribution in [0.4, 0.5) is 0 Å². The van der Waals surface area contributed by atoms with E-state index >= 15 is 0 Å². The smallest absolute Gasteiger partial charge is 0.101 e. The minimum absolute atomic E-state index is 0.564. The Kier molecular flexibility index (Phi) is 4.54. The highest BCUT2D eigenvalue weighted by Crippen LogP contribution is 2.26. The summed E-state index contributed by atoms with van der Waals surface area (Å²) in [6.07, 6.45) is 1.66. The van der Waals surface area contributed by atoms with Gasteiger partial charge in [-0.05, 0) is 50.4 Å². The zero-order chi connectivity index (χ0) is 13.1. The Hall–Kier alpha value is -0.710. The van der Waals surface area contributed by atoms with Crippen molar-refractivity contribution in [1.82, 2.24) is 4.98 Å². The van der Waals surface area contributed by atoms with Crippen LogP contribution in [0.15, 0.2) is 45.5 Å². The average Bonchev–Trinajstić information content (AvgIpc) is 2.28. The summed E-state index contributed by atoms with van der Waals surface area (Å²) in [5.74, 6) is 0. The van der Waals surface area contributed by atoms with Crippen LogP contribution in [0.5, 0.6) is 0 Å². The third kappa shape index (κ3) is 3.40. The Morgan fingerprint density at radius 3 is 2.72 bits per heavy atom. The van der Waals surface area contributed by atoms with E-state index in [4.69, 9.17) is 0 Å². The molecule has 1 heterocycles. The summed E-state index contributed by atoms with van der Waals surface area (Å²) in [5.41, 5.74) is 2.97. The van der Waals surface area contributed by atoms with Crippen molar-refractivity contribution in [2.45, 2.75) is 19.4 Å². The van der Waals surface area contributed by atoms with Gasteiger partial charge in [-0.2, -0.15) is 0 Å². The van der Waals surface area contributed by atoms with Gasteiger partial charge >= 0.3 is 0 Å². The van der Waals surface area contributed by atoms with Crippen LogP contribution >= 0.6 is 31.9 Å². The quantitative estimate of drug-likeness (QED) is 0.878. The maximum absolute atomic E-state index is 10.2. The minimum Gasteiger partial charge on any atom is -0.386 e. The molecule has 1 aromatic heterocycles. The molecule has 1 atom stereocenters. The second kappa shape index (κ2) is 5.95. The first kappa shape index (κ1) is 13.7. The van der Waals surface area contributed by atoms with Crippen LogP contribution in [0.3, 0.4) is 0 Å². The highest BCUT2D eigenvalue weighted by atomic mass is 79.9. The van der Waals surface area contributed by atoms with E-state index in [0.29, 0.717) is 12.1 Å². The maximum atomic E-state index is 10.2. The van der Waals surface area contributed by atoms with Crippen molar-refractivity contribution in [3.63, 3.8) is 0 Å². The second-order valence-corrected chi connectivity index (χ2v) is 6.00. The molecule has 1 N–H and O–H groups in total. The highest BCUT2D eigenvalue weighted by Gasteiger charge is 2.14. The fraction of sp³-hybridized carbons (Fsp3) is 0.214. The van der Waals surface area contributed by atoms with Gasteiger partial charge in [0.15, 0.2) is 0 Å². The number of halogens is 2. The third-order valence-electron chi connectivity index (χ3n) is 2.66. The number of aromatic nitrogens is 1. The topological polar surface area (TPSA) is 33.1 Å². The fourth-order valence-electron chi connectivity index (χ4n) is 1.83. The van der Waals surface area contributed by atoms with Gasteiger partial charge in [0.1, 0.15) is 6.10 Å². The molecule has 2 aromatic rings. The van der Waals surface area contributed by atoms with Crippen molar-refractivity contribution in [2.75, 3.05) is 0 Å². The second-order valence-electron chi connectivity index (χ2n) is 4.23. The van der Waals surface area contributed by atoms with Gasteiger partial charge in [0.05, 0.1) is 5.69 Å². The van der Waals surface area contributed by atoms with Crippen LogP contribution in [0, 0.1) is 6.92 Å². The van der Waals surface area contributed by atoms with Crippen molar-refractivity contribution in [2.24, 2.45) is 0 Å². The van der Waals surface area contributed by atoms with Crippen LogP contribution < -0.4 is 0 Å². The summed E-state index contributed by atoms with van der Waals surface area (Å²) < 4.78 is 1.71. The predicted molar refractivity (Wildman–Crippen MR) is 79.5 cm³/mol. The zero-order valence-electron chi connectivity index (χ0n) is 9.90. The van der Waals surface area contributed by atoms with Gasteiger partial charge in [-0.15, -0.1) is 0 Å². The molecule has 1 aromatic carbocycles. The Balaban J connectivity index is 2.19. The summed E-state index contributed by atoms with van der Waals surface area (Å²) in [4.78, 5) is 4.25. The summed E-state index contributed by atoms with van der Waals surface area (Å²) in [5, 5.41) is 10.2. The summed E-state index contributed by atoms with van der Waals surface area (Å²) in [6, 6.07) is 10.0. The van der Waals surface area contributed by atoms with Crippen LogP contribution in [-0.4, -0.2) is 10.1 Å². The fourth-order valence-corrected chi connectivity index (χ4v) is 3.08. The van der Waals surface area contributed by atoms with Gasteiger partial charge in [0.2, 0.25) is 0 Å². The molecule has 0 bridgehead atoms. The molecule has 0 saturated carbocycles. The number of aliphatic hydroxyl groups is 1. The molecule has 0 spiro atoms. The van der Waals surface area contributed by atoms with Crippen LogP contribution in [0.2, 0.25) is 0 Å². The number of rotatable bonds is 3. The monoisotopic (exact) mass is 369 g/mol. The SMILES string of the molecule is Cc1cccc(CC(O)c2ncc(Br)cc2Br)c1. The molecule has 18 heavy (non-hydrogen) atoms. The van der Waals surface area contributed by atoms with E-state index in [1.165, 1.54) is 5.56 Å². The average molecular weight is 371 g/mol. The van der Waals surface area contributed by atoms with Gasteiger partial charge in [-0.25, -0.2) is 0 Å². The van der Waals surface area contributed by atoms with Gasteiger partial charge < -0.3 is 5.11 Å². The molecule has 2 nitrogen and oxygen atoms in total. The number of aliphatic hydroxyl groups excluding tert-OH is 1. The van der Waals surface area contributed by atoms with Crippen molar-refractivity contribution in [1.29, 1.82) is 0 Å². The lowest BCUT2D eigenvalue weighted by Gasteiger charge is -2.12. The summed E-state index contributed by atoms with van der Waals surface area (Å²) in [6.45, 7) is 2.05. The maximum Gasteiger partial charge on any atom is 0.101 e. The van der Waals surface area contributed by atoms with Gasteiger partial charge in [0.25, 0.3) is 0 Å². The number of pyridine rings is 1. The van der Waals surface area contributed by atoms with Crippen LogP contribution in [0.25, 0.3) is 0 Å². The lowest BCUT2D eigenvalue weighted by molar-refractivity contribution is 0.172. The summed E-state index contributed by atoms with van der Waals surface area (Å²) in [7, 11) is 0. The molecule has 4 heteroatoms. The van der Waals surface area contributed by atoms with Gasteiger partial charge in [-0.1, -0.05) is 29.8 Å². The molecule has 0 radical (unpaired) electrons. The van der Waals surface area contributed by atoms with Crippen molar-refractivity contribution < 1.29 is 5.11 Å². The molecular weight excluding hydrogens is 358 g/mol. The molecule has 0 aliphatic carbocycles. The Morgan fingerprint density at radius 2 is 2.06 bits per heavy atom. The van der Waals surface area contributed by atoms with E-state index < -0.39 is 6.10 Å². The first-order valence-corrected chi connectivity index (χ1v) is 7.19. The Morgan fingerprint density at radius 1 is 1.28 bits per heavy atom. The normalized spacial score (nSPS) is 12.4. The van der Waals surface area contributed by atoms with Crippen molar-refractivity contribution in [3.05, 3.63) is 62.3 Å². The lowest BCUT2D eigenvalue weighted by atomic mass is 10.0.